The summed E-state index contributed by atoms with van der Waals surface area (Å²) in [5, 5.41) is 3.53. The Kier molecular flexibility index (Phi) is 6.53. The quantitative estimate of drug-likeness (QED) is 0.787. The molecule has 0 aromatic heterocycles. The predicted molar refractivity (Wildman–Crippen MR) is 99.1 cm³/mol. The van der Waals surface area contributed by atoms with Crippen LogP contribution in [0.1, 0.15) is 29.7 Å². The molecule has 136 valence electrons. The lowest BCUT2D eigenvalue weighted by Crippen LogP contribution is -2.19. The highest BCUT2D eigenvalue weighted by atomic mass is 16.5. The van der Waals surface area contributed by atoms with Gasteiger partial charge in [0.05, 0.1) is 28.4 Å². The average molecular weight is 345 g/mol. The molecule has 0 heterocycles. The fourth-order valence-corrected chi connectivity index (χ4v) is 2.81. The molecular weight excluding hydrogens is 318 g/mol. The van der Waals surface area contributed by atoms with Gasteiger partial charge in [-0.3, -0.25) is 0 Å². The molecule has 0 aliphatic rings. The van der Waals surface area contributed by atoms with Crippen molar-refractivity contribution >= 4 is 0 Å². The SMILES string of the molecule is COc1ccc(C)cc1[C@@H](C)NCc1cc(OC)c(OC)c(OC)c1. The van der Waals surface area contributed by atoms with Crippen molar-refractivity contribution in [2.24, 2.45) is 0 Å². The Labute approximate surface area is 149 Å². The number of aryl methyl sites for hydroxylation is 1. The van der Waals surface area contributed by atoms with E-state index < -0.39 is 0 Å². The molecule has 0 fully saturated rings. The maximum atomic E-state index is 5.48. The lowest BCUT2D eigenvalue weighted by molar-refractivity contribution is 0.323. The van der Waals surface area contributed by atoms with Crippen LogP contribution in [0.5, 0.6) is 23.0 Å². The first-order chi connectivity index (χ1) is 12.0. The first kappa shape index (κ1) is 18.9. The van der Waals surface area contributed by atoms with Gasteiger partial charge in [0.2, 0.25) is 5.75 Å². The second-order valence-corrected chi connectivity index (χ2v) is 5.88. The minimum absolute atomic E-state index is 0.133. The highest BCUT2D eigenvalue weighted by Crippen LogP contribution is 2.38. The van der Waals surface area contributed by atoms with Crippen molar-refractivity contribution in [3.8, 4) is 23.0 Å². The first-order valence-corrected chi connectivity index (χ1v) is 8.20. The van der Waals surface area contributed by atoms with Gasteiger partial charge in [0, 0.05) is 18.2 Å². The van der Waals surface area contributed by atoms with Gasteiger partial charge in [0.25, 0.3) is 0 Å². The van der Waals surface area contributed by atoms with Crippen LogP contribution < -0.4 is 24.3 Å². The number of rotatable bonds is 8. The fourth-order valence-electron chi connectivity index (χ4n) is 2.81. The van der Waals surface area contributed by atoms with E-state index in [4.69, 9.17) is 18.9 Å². The van der Waals surface area contributed by atoms with Crippen molar-refractivity contribution in [1.82, 2.24) is 5.32 Å². The van der Waals surface area contributed by atoms with Gasteiger partial charge in [-0.1, -0.05) is 17.7 Å². The van der Waals surface area contributed by atoms with E-state index in [-0.39, 0.29) is 6.04 Å². The molecule has 1 atom stereocenters. The molecule has 0 unspecified atom stereocenters. The Morgan fingerprint density at radius 1 is 0.840 bits per heavy atom. The summed E-state index contributed by atoms with van der Waals surface area (Å²) in [5.74, 6) is 2.79. The molecule has 0 aliphatic carbocycles. The lowest BCUT2D eigenvalue weighted by atomic mass is 10.0. The second-order valence-electron chi connectivity index (χ2n) is 5.88. The Morgan fingerprint density at radius 3 is 1.96 bits per heavy atom. The molecule has 2 aromatic rings. The summed E-state index contributed by atoms with van der Waals surface area (Å²) in [7, 11) is 6.54. The average Bonchev–Trinajstić information content (AvgIpc) is 2.64. The third-order valence-electron chi connectivity index (χ3n) is 4.19. The maximum Gasteiger partial charge on any atom is 0.203 e. The molecule has 0 amide bonds. The molecule has 0 saturated heterocycles. The first-order valence-electron chi connectivity index (χ1n) is 8.20. The summed E-state index contributed by atoms with van der Waals surface area (Å²) in [5.41, 5.74) is 3.39. The minimum Gasteiger partial charge on any atom is -0.496 e. The standard InChI is InChI=1S/C20H27NO4/c1-13-7-8-17(22-3)16(9-13)14(2)21-12-15-10-18(23-4)20(25-6)19(11-15)24-5/h7-11,14,21H,12H2,1-6H3/t14-/m1/s1. The van der Waals surface area contributed by atoms with Crippen LogP contribution in [0.2, 0.25) is 0 Å². The molecule has 0 bridgehead atoms. The van der Waals surface area contributed by atoms with Crippen LogP contribution in [0, 0.1) is 6.92 Å². The fraction of sp³-hybridized carbons (Fsp3) is 0.400. The van der Waals surface area contributed by atoms with Crippen LogP contribution >= 0.6 is 0 Å². The van der Waals surface area contributed by atoms with E-state index in [9.17, 15) is 0 Å². The molecule has 0 saturated carbocycles. The molecule has 5 heteroatoms. The highest BCUT2D eigenvalue weighted by molar-refractivity contribution is 5.53. The number of hydrogen-bond acceptors (Lipinski definition) is 5. The zero-order chi connectivity index (χ0) is 18.4. The summed E-state index contributed by atoms with van der Waals surface area (Å²) in [6.45, 7) is 4.86. The van der Waals surface area contributed by atoms with Gasteiger partial charge in [-0.25, -0.2) is 0 Å². The molecule has 0 spiro atoms. The van der Waals surface area contributed by atoms with Crippen LogP contribution in [0.3, 0.4) is 0 Å². The normalized spacial score (nSPS) is 11.8. The largest absolute Gasteiger partial charge is 0.496 e. The van der Waals surface area contributed by atoms with E-state index in [1.807, 2.05) is 24.3 Å². The zero-order valence-electron chi connectivity index (χ0n) is 15.8. The molecule has 25 heavy (non-hydrogen) atoms. The molecule has 1 N–H and O–H groups in total. The number of methoxy groups -OCH3 is 4. The van der Waals surface area contributed by atoms with Gasteiger partial charge in [0.1, 0.15) is 5.75 Å². The highest BCUT2D eigenvalue weighted by Gasteiger charge is 2.15. The molecule has 2 aromatic carbocycles. The van der Waals surface area contributed by atoms with Crippen LogP contribution in [-0.2, 0) is 6.54 Å². The van der Waals surface area contributed by atoms with Crippen molar-refractivity contribution in [3.63, 3.8) is 0 Å². The smallest absolute Gasteiger partial charge is 0.203 e. The van der Waals surface area contributed by atoms with Crippen molar-refractivity contribution in [3.05, 3.63) is 47.0 Å². The Hall–Kier alpha value is -2.40. The zero-order valence-corrected chi connectivity index (χ0v) is 15.8. The number of hydrogen-bond donors (Lipinski definition) is 1. The molecule has 0 radical (unpaired) electrons. The van der Waals surface area contributed by atoms with E-state index in [0.29, 0.717) is 23.8 Å². The molecule has 0 aliphatic heterocycles. The maximum absolute atomic E-state index is 5.48. The van der Waals surface area contributed by atoms with Crippen LogP contribution in [0.4, 0.5) is 0 Å². The molecule has 2 rings (SSSR count). The van der Waals surface area contributed by atoms with Gasteiger partial charge in [0.15, 0.2) is 11.5 Å². The van der Waals surface area contributed by atoms with Crippen LogP contribution in [-0.4, -0.2) is 28.4 Å². The number of ether oxygens (including phenoxy) is 4. The minimum atomic E-state index is 0.133. The number of benzene rings is 2. The molecule has 5 nitrogen and oxygen atoms in total. The predicted octanol–water partition coefficient (Wildman–Crippen LogP) is 3.88. The van der Waals surface area contributed by atoms with Crippen LogP contribution in [0.25, 0.3) is 0 Å². The Balaban J connectivity index is 2.19. The molecular formula is C20H27NO4. The van der Waals surface area contributed by atoms with Crippen molar-refractivity contribution in [2.75, 3.05) is 28.4 Å². The van der Waals surface area contributed by atoms with Gasteiger partial charge < -0.3 is 24.3 Å². The van der Waals surface area contributed by atoms with E-state index in [1.54, 1.807) is 28.4 Å². The Bertz CT molecular complexity index is 690. The second kappa shape index (κ2) is 8.62. The van der Waals surface area contributed by atoms with Crippen molar-refractivity contribution in [2.45, 2.75) is 26.4 Å². The monoisotopic (exact) mass is 345 g/mol. The summed E-state index contributed by atoms with van der Waals surface area (Å²) in [6, 6.07) is 10.2. The summed E-state index contributed by atoms with van der Waals surface area (Å²) in [6.07, 6.45) is 0. The topological polar surface area (TPSA) is 49.0 Å². The van der Waals surface area contributed by atoms with Crippen LogP contribution in [0.15, 0.2) is 30.3 Å². The van der Waals surface area contributed by atoms with Crippen molar-refractivity contribution in [1.29, 1.82) is 0 Å². The van der Waals surface area contributed by atoms with E-state index in [2.05, 4.69) is 25.2 Å². The lowest BCUT2D eigenvalue weighted by Gasteiger charge is -2.19. The van der Waals surface area contributed by atoms with E-state index in [0.717, 1.165) is 16.9 Å². The van der Waals surface area contributed by atoms with Crippen molar-refractivity contribution < 1.29 is 18.9 Å². The number of nitrogens with one attached hydrogen (secondary N) is 1. The Morgan fingerprint density at radius 2 is 1.44 bits per heavy atom. The third kappa shape index (κ3) is 4.37. The third-order valence-corrected chi connectivity index (χ3v) is 4.19. The van der Waals surface area contributed by atoms with Gasteiger partial charge in [-0.2, -0.15) is 0 Å². The van der Waals surface area contributed by atoms with E-state index in [1.165, 1.54) is 5.56 Å². The summed E-state index contributed by atoms with van der Waals surface area (Å²) < 4.78 is 21.7. The van der Waals surface area contributed by atoms with E-state index >= 15 is 0 Å². The van der Waals surface area contributed by atoms with Gasteiger partial charge in [-0.15, -0.1) is 0 Å². The van der Waals surface area contributed by atoms with Gasteiger partial charge in [-0.05, 0) is 37.6 Å². The summed E-state index contributed by atoms with van der Waals surface area (Å²) >= 11 is 0. The summed E-state index contributed by atoms with van der Waals surface area (Å²) in [4.78, 5) is 0. The van der Waals surface area contributed by atoms with Gasteiger partial charge >= 0.3 is 0 Å².